The monoisotopic (exact) mass is 160 g/mol. The van der Waals surface area contributed by atoms with Gasteiger partial charge in [0, 0.05) is 0 Å². The van der Waals surface area contributed by atoms with Crippen molar-refractivity contribution in [1.29, 1.82) is 0 Å². The number of benzene rings is 1. The third-order valence-electron chi connectivity index (χ3n) is 1.79. The van der Waals surface area contributed by atoms with E-state index in [1.54, 1.807) is 0 Å². The number of carbonyl (C=O) groups excluding carboxylic acids is 1. The van der Waals surface area contributed by atoms with Gasteiger partial charge in [0.05, 0.1) is 0 Å². The van der Waals surface area contributed by atoms with Gasteiger partial charge in [-0.05, 0) is 23.6 Å². The highest BCUT2D eigenvalue weighted by Gasteiger charge is 1.93. The van der Waals surface area contributed by atoms with Crippen LogP contribution in [0.5, 0.6) is 0 Å². The van der Waals surface area contributed by atoms with Crippen LogP contribution in [0.4, 0.5) is 0 Å². The number of hydrogen-bond donors (Lipinski definition) is 0. The predicted molar refractivity (Wildman–Crippen MR) is 50.9 cm³/mol. The second-order valence-electron chi connectivity index (χ2n) is 2.55. The molecule has 1 nitrogen and oxygen atoms in total. The summed E-state index contributed by atoms with van der Waals surface area (Å²) >= 11 is 0. The van der Waals surface area contributed by atoms with Crippen LogP contribution in [0.2, 0.25) is 0 Å². The number of aryl methyl sites for hydroxylation is 1. The third-order valence-corrected chi connectivity index (χ3v) is 1.79. The molecular formula is C11H12O. The number of allylic oxidation sites excluding steroid dienone is 1. The zero-order valence-electron chi connectivity index (χ0n) is 7.16. The van der Waals surface area contributed by atoms with E-state index < -0.39 is 0 Å². The molecule has 0 saturated carbocycles. The smallest absolute Gasteiger partial charge is 0.142 e. The van der Waals surface area contributed by atoms with Gasteiger partial charge in [0.25, 0.3) is 0 Å². The second kappa shape index (κ2) is 4.50. The minimum absolute atomic E-state index is 0.798. The topological polar surface area (TPSA) is 17.1 Å². The summed E-state index contributed by atoms with van der Waals surface area (Å²) < 4.78 is 0. The maximum Gasteiger partial charge on any atom is 0.142 e. The predicted octanol–water partition coefficient (Wildman–Crippen LogP) is 2.46. The fraction of sp³-hybridized carbons (Fsp3) is 0.182. The molecule has 0 aliphatic rings. The third kappa shape index (κ3) is 2.06. The first-order chi connectivity index (χ1) is 5.88. The number of hydrogen-bond acceptors (Lipinski definition) is 1. The molecule has 0 heterocycles. The van der Waals surface area contributed by atoms with Gasteiger partial charge in [-0.25, -0.2) is 0 Å². The minimum Gasteiger partial charge on any atom is -0.299 e. The van der Waals surface area contributed by atoms with Gasteiger partial charge in [0.15, 0.2) is 0 Å². The lowest BCUT2D eigenvalue weighted by Crippen LogP contribution is -1.84. The summed E-state index contributed by atoms with van der Waals surface area (Å²) in [5.41, 5.74) is 2.41. The lowest BCUT2D eigenvalue weighted by molar-refractivity contribution is -0.104. The van der Waals surface area contributed by atoms with E-state index in [0.717, 1.165) is 18.3 Å². The lowest BCUT2D eigenvalue weighted by atomic mass is 10.1. The van der Waals surface area contributed by atoms with Crippen LogP contribution in [0.15, 0.2) is 30.3 Å². The molecule has 1 aromatic carbocycles. The van der Waals surface area contributed by atoms with Crippen molar-refractivity contribution in [3.63, 3.8) is 0 Å². The van der Waals surface area contributed by atoms with Gasteiger partial charge >= 0.3 is 0 Å². The first-order valence-electron chi connectivity index (χ1n) is 4.08. The molecule has 0 aliphatic heterocycles. The molecule has 0 atom stereocenters. The fourth-order valence-corrected chi connectivity index (χ4v) is 1.16. The zero-order valence-corrected chi connectivity index (χ0v) is 7.16. The van der Waals surface area contributed by atoms with Gasteiger partial charge in [0.2, 0.25) is 0 Å². The van der Waals surface area contributed by atoms with E-state index in [2.05, 4.69) is 13.0 Å². The average Bonchev–Trinajstić information content (AvgIpc) is 2.15. The van der Waals surface area contributed by atoms with Gasteiger partial charge in [-0.15, -0.1) is 0 Å². The summed E-state index contributed by atoms with van der Waals surface area (Å²) in [5.74, 6) is 0. The summed E-state index contributed by atoms with van der Waals surface area (Å²) in [6, 6.07) is 8.07. The normalized spacial score (nSPS) is 10.4. The highest BCUT2D eigenvalue weighted by atomic mass is 16.1. The van der Waals surface area contributed by atoms with Crippen LogP contribution < -0.4 is 0 Å². The Bertz CT molecular complexity index is 287. The summed E-state index contributed by atoms with van der Waals surface area (Å²) in [4.78, 5) is 10.1. The molecule has 62 valence electrons. The maximum atomic E-state index is 10.1. The Morgan fingerprint density at radius 2 is 2.08 bits per heavy atom. The number of carbonyl (C=O) groups is 1. The van der Waals surface area contributed by atoms with Crippen LogP contribution in [0.1, 0.15) is 18.1 Å². The Labute approximate surface area is 72.7 Å². The van der Waals surface area contributed by atoms with Gasteiger partial charge in [0.1, 0.15) is 6.29 Å². The van der Waals surface area contributed by atoms with Crippen LogP contribution in [0.3, 0.4) is 0 Å². The molecule has 0 amide bonds. The highest BCUT2D eigenvalue weighted by Crippen LogP contribution is 2.10. The molecule has 0 bridgehead atoms. The van der Waals surface area contributed by atoms with Crippen molar-refractivity contribution >= 4 is 12.4 Å². The molecule has 0 spiro atoms. The van der Waals surface area contributed by atoms with Crippen molar-refractivity contribution < 1.29 is 4.79 Å². The second-order valence-corrected chi connectivity index (χ2v) is 2.55. The van der Waals surface area contributed by atoms with E-state index in [1.165, 1.54) is 11.6 Å². The minimum atomic E-state index is 0.798. The Hall–Kier alpha value is -1.37. The molecule has 0 unspecified atom stereocenters. The van der Waals surface area contributed by atoms with E-state index >= 15 is 0 Å². The molecule has 0 radical (unpaired) electrons. The maximum absolute atomic E-state index is 10.1. The standard InChI is InChI=1S/C11H12O/c1-2-10-6-3-4-7-11(10)8-5-9-12/h3-9H,2H2,1H3/b8-5+. The van der Waals surface area contributed by atoms with Gasteiger partial charge < -0.3 is 0 Å². The van der Waals surface area contributed by atoms with Gasteiger partial charge in [-0.1, -0.05) is 37.3 Å². The van der Waals surface area contributed by atoms with Crippen molar-refractivity contribution in [2.24, 2.45) is 0 Å². The quantitative estimate of drug-likeness (QED) is 0.490. The first-order valence-corrected chi connectivity index (χ1v) is 4.08. The van der Waals surface area contributed by atoms with Crippen molar-refractivity contribution in [3.05, 3.63) is 41.5 Å². The molecule has 0 N–H and O–H groups in total. The van der Waals surface area contributed by atoms with E-state index in [-0.39, 0.29) is 0 Å². The van der Waals surface area contributed by atoms with E-state index in [4.69, 9.17) is 0 Å². The van der Waals surface area contributed by atoms with Gasteiger partial charge in [-0.3, -0.25) is 4.79 Å². The molecule has 0 fully saturated rings. The lowest BCUT2D eigenvalue weighted by Gasteiger charge is -2.00. The van der Waals surface area contributed by atoms with Crippen molar-refractivity contribution in [3.8, 4) is 0 Å². The van der Waals surface area contributed by atoms with Crippen LogP contribution >= 0.6 is 0 Å². The molecular weight excluding hydrogens is 148 g/mol. The number of aldehydes is 1. The Morgan fingerprint density at radius 3 is 2.75 bits per heavy atom. The van der Waals surface area contributed by atoms with Crippen LogP contribution in [-0.2, 0) is 11.2 Å². The summed E-state index contributed by atoms with van der Waals surface area (Å²) in [7, 11) is 0. The van der Waals surface area contributed by atoms with Crippen molar-refractivity contribution in [1.82, 2.24) is 0 Å². The molecule has 1 aromatic rings. The van der Waals surface area contributed by atoms with Crippen LogP contribution in [0, 0.1) is 0 Å². The molecule has 0 aliphatic carbocycles. The SMILES string of the molecule is CCc1ccccc1/C=C/C=O. The van der Waals surface area contributed by atoms with Crippen molar-refractivity contribution in [2.75, 3.05) is 0 Å². The van der Waals surface area contributed by atoms with Crippen molar-refractivity contribution in [2.45, 2.75) is 13.3 Å². The Balaban J connectivity index is 2.96. The average molecular weight is 160 g/mol. The molecule has 1 heteroatoms. The van der Waals surface area contributed by atoms with E-state index in [9.17, 15) is 4.79 Å². The zero-order chi connectivity index (χ0) is 8.81. The molecule has 1 rings (SSSR count). The van der Waals surface area contributed by atoms with Gasteiger partial charge in [-0.2, -0.15) is 0 Å². The molecule has 0 aromatic heterocycles. The highest BCUT2D eigenvalue weighted by molar-refractivity contribution is 5.74. The largest absolute Gasteiger partial charge is 0.299 e. The summed E-state index contributed by atoms with van der Waals surface area (Å²) in [6.07, 6.45) is 5.16. The summed E-state index contributed by atoms with van der Waals surface area (Å²) in [5, 5.41) is 0. The summed E-state index contributed by atoms with van der Waals surface area (Å²) in [6.45, 7) is 2.10. The number of rotatable bonds is 3. The molecule has 0 saturated heterocycles. The van der Waals surface area contributed by atoms with Crippen LogP contribution in [-0.4, -0.2) is 6.29 Å². The van der Waals surface area contributed by atoms with E-state index in [0.29, 0.717) is 0 Å². The Morgan fingerprint density at radius 1 is 1.33 bits per heavy atom. The van der Waals surface area contributed by atoms with E-state index in [1.807, 2.05) is 24.3 Å². The molecule has 12 heavy (non-hydrogen) atoms. The fourth-order valence-electron chi connectivity index (χ4n) is 1.16. The Kier molecular flexibility index (Phi) is 3.27. The first kappa shape index (κ1) is 8.72. The van der Waals surface area contributed by atoms with Crippen LogP contribution in [0.25, 0.3) is 6.08 Å².